The van der Waals surface area contributed by atoms with Gasteiger partial charge in [-0.2, -0.15) is 0 Å². The third-order valence-electron chi connectivity index (χ3n) is 6.87. The summed E-state index contributed by atoms with van der Waals surface area (Å²) in [6, 6.07) is 7.63. The average molecular weight is 523 g/mol. The first-order chi connectivity index (χ1) is 17.8. The molecule has 0 atom stereocenters. The number of aromatic nitrogens is 2. The molecule has 1 aliphatic carbocycles. The number of thiophene rings is 1. The number of imidazole rings is 1. The van der Waals surface area contributed by atoms with E-state index in [1.807, 2.05) is 30.0 Å². The van der Waals surface area contributed by atoms with Gasteiger partial charge in [0.2, 0.25) is 17.8 Å². The molecule has 3 amide bonds. The highest BCUT2D eigenvalue weighted by molar-refractivity contribution is 7.18. The number of anilines is 3. The number of nitrogens with one attached hydrogen (secondary N) is 3. The summed E-state index contributed by atoms with van der Waals surface area (Å²) in [5, 5.41) is 19.2. The number of amides is 3. The van der Waals surface area contributed by atoms with E-state index in [0.717, 1.165) is 35.5 Å². The maximum absolute atomic E-state index is 13.5. The number of rotatable bonds is 6. The molecular formula is C26H30N6O4S. The van der Waals surface area contributed by atoms with E-state index in [1.54, 1.807) is 6.07 Å². The van der Waals surface area contributed by atoms with Crippen LogP contribution in [0.5, 0.6) is 0 Å². The lowest BCUT2D eigenvalue weighted by Crippen LogP contribution is -2.47. The molecule has 0 radical (unpaired) electrons. The number of hydrogen-bond acceptors (Lipinski definition) is 7. The number of para-hydroxylation sites is 1. The van der Waals surface area contributed by atoms with Crippen molar-refractivity contribution in [2.75, 3.05) is 35.2 Å². The van der Waals surface area contributed by atoms with Gasteiger partial charge in [-0.05, 0) is 56.4 Å². The molecule has 3 heterocycles. The zero-order valence-corrected chi connectivity index (χ0v) is 21.4. The van der Waals surface area contributed by atoms with Gasteiger partial charge in [-0.3, -0.25) is 19.7 Å². The zero-order chi connectivity index (χ0) is 26.1. The third kappa shape index (κ3) is 5.09. The van der Waals surface area contributed by atoms with Gasteiger partial charge >= 0.3 is 0 Å². The van der Waals surface area contributed by atoms with E-state index in [9.17, 15) is 19.5 Å². The Hall–Kier alpha value is -3.70. The van der Waals surface area contributed by atoms with E-state index < -0.39 is 5.91 Å². The van der Waals surface area contributed by atoms with Gasteiger partial charge < -0.3 is 25.2 Å². The highest BCUT2D eigenvalue weighted by Gasteiger charge is 2.28. The van der Waals surface area contributed by atoms with E-state index in [0.29, 0.717) is 47.4 Å². The molecule has 1 saturated heterocycles. The molecule has 1 aromatic carbocycles. The van der Waals surface area contributed by atoms with Gasteiger partial charge in [0.15, 0.2) is 0 Å². The van der Waals surface area contributed by atoms with E-state index in [2.05, 4.69) is 27.1 Å². The second-order valence-corrected chi connectivity index (χ2v) is 10.5. The highest BCUT2D eigenvalue weighted by atomic mass is 32.1. The number of aliphatic hydroxyl groups excluding tert-OH is 1. The molecule has 0 spiro atoms. The fraction of sp³-hybridized carbons (Fsp3) is 0.385. The number of aryl methyl sites for hydroxylation is 1. The number of piperazine rings is 1. The monoisotopic (exact) mass is 522 g/mol. The maximum atomic E-state index is 13.5. The van der Waals surface area contributed by atoms with Crippen molar-refractivity contribution in [1.29, 1.82) is 0 Å². The van der Waals surface area contributed by atoms with Crippen LogP contribution in [0.1, 0.15) is 47.0 Å². The van der Waals surface area contributed by atoms with E-state index in [1.165, 1.54) is 11.3 Å². The van der Waals surface area contributed by atoms with Crippen molar-refractivity contribution in [3.8, 4) is 0 Å². The average Bonchev–Trinajstić information content (AvgIpc) is 3.47. The number of carbonyl (C=O) groups is 3. The van der Waals surface area contributed by atoms with Gasteiger partial charge in [0, 0.05) is 19.1 Å². The first-order valence-electron chi connectivity index (χ1n) is 12.4. The molecule has 194 valence electrons. The van der Waals surface area contributed by atoms with Crippen molar-refractivity contribution in [1.82, 2.24) is 14.9 Å². The summed E-state index contributed by atoms with van der Waals surface area (Å²) in [6.07, 6.45) is 3.86. The van der Waals surface area contributed by atoms with Gasteiger partial charge in [-0.15, -0.1) is 11.3 Å². The summed E-state index contributed by atoms with van der Waals surface area (Å²) in [5.74, 6) is -0.408. The summed E-state index contributed by atoms with van der Waals surface area (Å²) in [6.45, 7) is 6.71. The molecule has 10 nitrogen and oxygen atoms in total. The van der Waals surface area contributed by atoms with Crippen molar-refractivity contribution < 1.29 is 19.5 Å². The van der Waals surface area contributed by atoms with Crippen LogP contribution in [0, 0.1) is 6.92 Å². The smallest absolute Gasteiger partial charge is 0.268 e. The molecule has 3 aromatic rings. The maximum Gasteiger partial charge on any atom is 0.268 e. The number of aliphatic hydroxyl groups is 1. The summed E-state index contributed by atoms with van der Waals surface area (Å²) in [5.41, 5.74) is 3.30. The van der Waals surface area contributed by atoms with Crippen LogP contribution in [-0.2, 0) is 9.59 Å². The van der Waals surface area contributed by atoms with Gasteiger partial charge in [-0.1, -0.05) is 18.7 Å². The Labute approximate surface area is 218 Å². The van der Waals surface area contributed by atoms with Crippen molar-refractivity contribution >= 4 is 56.7 Å². The fourth-order valence-electron chi connectivity index (χ4n) is 5.06. The van der Waals surface area contributed by atoms with Crippen LogP contribution in [0.25, 0.3) is 11.0 Å². The van der Waals surface area contributed by atoms with Crippen molar-refractivity contribution in [2.45, 2.75) is 44.8 Å². The first-order valence-corrected chi connectivity index (χ1v) is 13.2. The lowest BCUT2D eigenvalue weighted by atomic mass is 9.92. The minimum absolute atomic E-state index is 0.109. The highest BCUT2D eigenvalue weighted by Crippen LogP contribution is 2.38. The van der Waals surface area contributed by atoms with Gasteiger partial charge in [0.05, 0.1) is 34.2 Å². The molecule has 2 aromatic heterocycles. The number of carbonyl (C=O) groups excluding carboxylic acids is 3. The van der Waals surface area contributed by atoms with Crippen molar-refractivity contribution in [2.24, 2.45) is 0 Å². The lowest BCUT2D eigenvalue weighted by molar-refractivity contribution is -0.120. The molecule has 5 rings (SSSR count). The van der Waals surface area contributed by atoms with Crippen LogP contribution >= 0.6 is 11.3 Å². The largest absolute Gasteiger partial charge is 0.393 e. The molecular weight excluding hydrogens is 492 g/mol. The standard InChI is InChI=1S/C26H30N6O4S/c1-3-21(34)28-19-13-20(37-25(19)31-12-11-27-22(35)14-31)24(36)30-26-29-18-6-4-5-15(2)23(18)32(26)16-7-9-17(33)10-8-16/h3-6,13,16-17,33H,1,7-12,14H2,2H3,(H,27,35)(H,28,34)(H,29,30,36). The number of fused-ring (bicyclic) bond motifs is 1. The summed E-state index contributed by atoms with van der Waals surface area (Å²) in [4.78, 5) is 44.5. The van der Waals surface area contributed by atoms with Crippen LogP contribution in [0.3, 0.4) is 0 Å². The predicted molar refractivity (Wildman–Crippen MR) is 144 cm³/mol. The molecule has 0 unspecified atom stereocenters. The number of benzene rings is 1. The molecule has 11 heteroatoms. The Kier molecular flexibility index (Phi) is 6.98. The quantitative estimate of drug-likeness (QED) is 0.368. The molecule has 37 heavy (non-hydrogen) atoms. The minimum atomic E-state index is -0.399. The fourth-order valence-corrected chi connectivity index (χ4v) is 6.09. The summed E-state index contributed by atoms with van der Waals surface area (Å²) in [7, 11) is 0. The Morgan fingerprint density at radius 2 is 2.03 bits per heavy atom. The molecule has 2 aliphatic rings. The van der Waals surface area contributed by atoms with E-state index in [4.69, 9.17) is 4.98 Å². The third-order valence-corrected chi connectivity index (χ3v) is 8.07. The van der Waals surface area contributed by atoms with Gasteiger partial charge in [0.25, 0.3) is 5.91 Å². The Bertz CT molecular complexity index is 1370. The van der Waals surface area contributed by atoms with Gasteiger partial charge in [-0.25, -0.2) is 4.98 Å². The van der Waals surface area contributed by atoms with E-state index in [-0.39, 0.29) is 30.5 Å². The molecule has 4 N–H and O–H groups in total. The lowest BCUT2D eigenvalue weighted by Gasteiger charge is -2.28. The van der Waals surface area contributed by atoms with Crippen LogP contribution in [0.4, 0.5) is 16.6 Å². The SMILES string of the molecule is C=CC(=O)Nc1cc(C(=O)Nc2nc3cccc(C)c3n2C2CCC(O)CC2)sc1N1CCNC(=O)C1. The van der Waals surface area contributed by atoms with Crippen LogP contribution in [0.2, 0.25) is 0 Å². The van der Waals surface area contributed by atoms with Crippen molar-refractivity contribution in [3.05, 3.63) is 47.4 Å². The molecule has 0 bridgehead atoms. The minimum Gasteiger partial charge on any atom is -0.393 e. The van der Waals surface area contributed by atoms with E-state index >= 15 is 0 Å². The molecule has 1 aliphatic heterocycles. The summed E-state index contributed by atoms with van der Waals surface area (Å²) >= 11 is 1.21. The van der Waals surface area contributed by atoms with Crippen molar-refractivity contribution in [3.63, 3.8) is 0 Å². The van der Waals surface area contributed by atoms with Crippen LogP contribution in [-0.4, -0.2) is 58.1 Å². The number of hydrogen-bond donors (Lipinski definition) is 4. The predicted octanol–water partition coefficient (Wildman–Crippen LogP) is 3.20. The second-order valence-electron chi connectivity index (χ2n) is 9.46. The Balaban J connectivity index is 1.48. The Morgan fingerprint density at radius 1 is 1.24 bits per heavy atom. The van der Waals surface area contributed by atoms with Crippen LogP contribution < -0.4 is 20.9 Å². The number of nitrogens with zero attached hydrogens (tertiary/aromatic N) is 3. The molecule has 2 fully saturated rings. The summed E-state index contributed by atoms with van der Waals surface area (Å²) < 4.78 is 2.10. The Morgan fingerprint density at radius 3 is 2.76 bits per heavy atom. The second kappa shape index (κ2) is 10.3. The normalized spacial score (nSPS) is 19.9. The van der Waals surface area contributed by atoms with Gasteiger partial charge in [0.1, 0.15) is 5.00 Å². The topological polar surface area (TPSA) is 129 Å². The van der Waals surface area contributed by atoms with Crippen LogP contribution in [0.15, 0.2) is 36.9 Å². The molecule has 1 saturated carbocycles. The zero-order valence-electron chi connectivity index (χ0n) is 20.6. The first kappa shape index (κ1) is 25.0.